The first kappa shape index (κ1) is 13.3. The third-order valence-electron chi connectivity index (χ3n) is 4.04. The number of halogens is 2. The van der Waals surface area contributed by atoms with E-state index in [1.54, 1.807) is 18.2 Å². The summed E-state index contributed by atoms with van der Waals surface area (Å²) in [7, 11) is 0. The summed E-state index contributed by atoms with van der Waals surface area (Å²) in [5, 5.41) is 3.41. The van der Waals surface area contributed by atoms with Crippen LogP contribution in [-0.2, 0) is 6.42 Å². The van der Waals surface area contributed by atoms with E-state index in [-0.39, 0.29) is 23.7 Å². The van der Waals surface area contributed by atoms with Gasteiger partial charge in [0.2, 0.25) is 0 Å². The zero-order valence-electron chi connectivity index (χ0n) is 11.4. The lowest BCUT2D eigenvalue weighted by molar-refractivity contribution is 0.450. The largest absolute Gasteiger partial charge is 0.303 e. The van der Waals surface area contributed by atoms with Crippen molar-refractivity contribution in [2.75, 3.05) is 0 Å². The van der Waals surface area contributed by atoms with Gasteiger partial charge in [-0.1, -0.05) is 30.3 Å². The summed E-state index contributed by atoms with van der Waals surface area (Å²) >= 11 is 0. The molecule has 2 aromatic carbocycles. The van der Waals surface area contributed by atoms with E-state index in [0.717, 1.165) is 24.0 Å². The van der Waals surface area contributed by atoms with Crippen LogP contribution in [0.15, 0.2) is 42.5 Å². The third kappa shape index (κ3) is 2.34. The Morgan fingerprint density at radius 3 is 2.60 bits per heavy atom. The molecule has 0 saturated carbocycles. The second kappa shape index (κ2) is 5.33. The number of nitrogens with one attached hydrogen (secondary N) is 1. The van der Waals surface area contributed by atoms with Gasteiger partial charge in [0, 0.05) is 17.6 Å². The number of hydrogen-bond donors (Lipinski definition) is 1. The highest BCUT2D eigenvalue weighted by Gasteiger charge is 2.26. The Morgan fingerprint density at radius 1 is 1.05 bits per heavy atom. The predicted molar refractivity (Wildman–Crippen MR) is 75.4 cm³/mol. The fraction of sp³-hybridized carbons (Fsp3) is 0.294. The Hall–Kier alpha value is -1.74. The van der Waals surface area contributed by atoms with E-state index in [0.29, 0.717) is 5.56 Å². The SMILES string of the molecule is CC(NC1CCc2c(F)cccc21)c1ccccc1F. The Balaban J connectivity index is 1.81. The summed E-state index contributed by atoms with van der Waals surface area (Å²) in [5.41, 5.74) is 2.45. The van der Waals surface area contributed by atoms with E-state index < -0.39 is 0 Å². The molecule has 0 aromatic heterocycles. The van der Waals surface area contributed by atoms with Gasteiger partial charge in [-0.25, -0.2) is 8.78 Å². The predicted octanol–water partition coefficient (Wildman–Crippen LogP) is 4.30. The van der Waals surface area contributed by atoms with Crippen LogP contribution >= 0.6 is 0 Å². The van der Waals surface area contributed by atoms with Crippen LogP contribution in [0.2, 0.25) is 0 Å². The first-order valence-corrected chi connectivity index (χ1v) is 6.94. The van der Waals surface area contributed by atoms with E-state index in [1.807, 2.05) is 19.1 Å². The molecule has 2 aromatic rings. The van der Waals surface area contributed by atoms with Crippen molar-refractivity contribution in [1.29, 1.82) is 0 Å². The molecule has 1 aliphatic rings. The second-order valence-electron chi connectivity index (χ2n) is 5.31. The molecule has 0 saturated heterocycles. The molecule has 3 rings (SSSR count). The average molecular weight is 273 g/mol. The molecule has 0 fully saturated rings. The molecule has 20 heavy (non-hydrogen) atoms. The van der Waals surface area contributed by atoms with Crippen molar-refractivity contribution < 1.29 is 8.78 Å². The van der Waals surface area contributed by atoms with Gasteiger partial charge in [0.15, 0.2) is 0 Å². The van der Waals surface area contributed by atoms with Gasteiger partial charge in [-0.05, 0) is 43.0 Å². The van der Waals surface area contributed by atoms with Gasteiger partial charge in [-0.15, -0.1) is 0 Å². The third-order valence-corrected chi connectivity index (χ3v) is 4.04. The van der Waals surface area contributed by atoms with Gasteiger partial charge in [-0.3, -0.25) is 0 Å². The standard InChI is InChI=1S/C17H17F2N/c1-11(12-5-2-3-7-15(12)18)20-17-10-9-13-14(17)6-4-8-16(13)19/h2-8,11,17,20H,9-10H2,1H3. The second-order valence-corrected chi connectivity index (χ2v) is 5.31. The minimum Gasteiger partial charge on any atom is -0.303 e. The highest BCUT2D eigenvalue weighted by Crippen LogP contribution is 2.34. The molecular formula is C17H17F2N. The number of rotatable bonds is 3. The molecule has 0 bridgehead atoms. The van der Waals surface area contributed by atoms with Crippen molar-refractivity contribution in [2.24, 2.45) is 0 Å². The maximum absolute atomic E-state index is 13.8. The van der Waals surface area contributed by atoms with Gasteiger partial charge in [0.05, 0.1) is 0 Å². The summed E-state index contributed by atoms with van der Waals surface area (Å²) in [5.74, 6) is -0.338. The molecule has 104 valence electrons. The number of hydrogen-bond acceptors (Lipinski definition) is 1. The van der Waals surface area contributed by atoms with E-state index in [1.165, 1.54) is 12.1 Å². The van der Waals surface area contributed by atoms with E-state index in [2.05, 4.69) is 5.32 Å². The summed E-state index contributed by atoms with van der Waals surface area (Å²) in [4.78, 5) is 0. The molecule has 0 aliphatic heterocycles. The first-order valence-electron chi connectivity index (χ1n) is 6.94. The molecule has 0 radical (unpaired) electrons. The van der Waals surface area contributed by atoms with Crippen molar-refractivity contribution in [3.05, 3.63) is 70.8 Å². The molecule has 3 heteroatoms. The van der Waals surface area contributed by atoms with Crippen LogP contribution in [0.4, 0.5) is 8.78 Å². The molecule has 0 heterocycles. The monoisotopic (exact) mass is 273 g/mol. The van der Waals surface area contributed by atoms with Crippen LogP contribution in [0.25, 0.3) is 0 Å². The lowest BCUT2D eigenvalue weighted by Crippen LogP contribution is -2.23. The van der Waals surface area contributed by atoms with Gasteiger partial charge in [0.1, 0.15) is 11.6 Å². The molecule has 0 spiro atoms. The first-order chi connectivity index (χ1) is 9.66. The van der Waals surface area contributed by atoms with E-state index in [4.69, 9.17) is 0 Å². The van der Waals surface area contributed by atoms with Crippen molar-refractivity contribution >= 4 is 0 Å². The fourth-order valence-electron chi connectivity index (χ4n) is 3.00. The molecule has 0 amide bonds. The van der Waals surface area contributed by atoms with Gasteiger partial charge < -0.3 is 5.32 Å². The summed E-state index contributed by atoms with van der Waals surface area (Å²) in [6.07, 6.45) is 1.60. The van der Waals surface area contributed by atoms with Crippen molar-refractivity contribution in [1.82, 2.24) is 5.32 Å². The fourth-order valence-corrected chi connectivity index (χ4v) is 3.00. The Kier molecular flexibility index (Phi) is 3.53. The van der Waals surface area contributed by atoms with Crippen molar-refractivity contribution in [2.45, 2.75) is 31.8 Å². The molecule has 2 atom stereocenters. The quantitative estimate of drug-likeness (QED) is 0.879. The number of fused-ring (bicyclic) bond motifs is 1. The Bertz CT molecular complexity index is 624. The molecule has 1 nitrogen and oxygen atoms in total. The van der Waals surface area contributed by atoms with Gasteiger partial charge in [0.25, 0.3) is 0 Å². The summed E-state index contributed by atoms with van der Waals surface area (Å²) in [6.45, 7) is 1.94. The summed E-state index contributed by atoms with van der Waals surface area (Å²) < 4.78 is 27.5. The van der Waals surface area contributed by atoms with Crippen molar-refractivity contribution in [3.63, 3.8) is 0 Å². The van der Waals surface area contributed by atoms with Crippen LogP contribution in [-0.4, -0.2) is 0 Å². The maximum atomic E-state index is 13.8. The van der Waals surface area contributed by atoms with Gasteiger partial charge in [-0.2, -0.15) is 0 Å². The Morgan fingerprint density at radius 2 is 1.80 bits per heavy atom. The normalized spacial score (nSPS) is 18.9. The smallest absolute Gasteiger partial charge is 0.127 e. The highest BCUT2D eigenvalue weighted by atomic mass is 19.1. The maximum Gasteiger partial charge on any atom is 0.127 e. The molecule has 2 unspecified atom stereocenters. The van der Waals surface area contributed by atoms with Crippen LogP contribution in [0.3, 0.4) is 0 Å². The van der Waals surface area contributed by atoms with Crippen LogP contribution < -0.4 is 5.32 Å². The lowest BCUT2D eigenvalue weighted by atomic mass is 10.0. The highest BCUT2D eigenvalue weighted by molar-refractivity contribution is 5.36. The topological polar surface area (TPSA) is 12.0 Å². The van der Waals surface area contributed by atoms with Gasteiger partial charge >= 0.3 is 0 Å². The minimum atomic E-state index is -0.204. The summed E-state index contributed by atoms with van der Waals surface area (Å²) in [6, 6.07) is 12.0. The number of benzene rings is 2. The Labute approximate surface area is 117 Å². The van der Waals surface area contributed by atoms with E-state index >= 15 is 0 Å². The zero-order valence-corrected chi connectivity index (χ0v) is 11.4. The zero-order chi connectivity index (χ0) is 14.1. The van der Waals surface area contributed by atoms with E-state index in [9.17, 15) is 8.78 Å². The lowest BCUT2D eigenvalue weighted by Gasteiger charge is -2.21. The average Bonchev–Trinajstić information content (AvgIpc) is 2.84. The van der Waals surface area contributed by atoms with Crippen LogP contribution in [0.1, 0.15) is 42.1 Å². The molecular weight excluding hydrogens is 256 g/mol. The van der Waals surface area contributed by atoms with Crippen LogP contribution in [0, 0.1) is 11.6 Å². The molecule has 1 aliphatic carbocycles. The molecule has 1 N–H and O–H groups in total. The van der Waals surface area contributed by atoms with Crippen molar-refractivity contribution in [3.8, 4) is 0 Å². The minimum absolute atomic E-state index is 0.0929. The van der Waals surface area contributed by atoms with Crippen LogP contribution in [0.5, 0.6) is 0 Å².